The molecular formula is C30H36ClF3N6O4. The first-order valence-electron chi connectivity index (χ1n) is 14.7. The normalized spacial score (nSPS) is 33.5. The maximum absolute atomic E-state index is 15.2. The number of nitriles is 1. The van der Waals surface area contributed by atoms with Crippen molar-refractivity contribution in [3.8, 4) is 6.07 Å². The first-order chi connectivity index (χ1) is 20.5. The second-order valence-electron chi connectivity index (χ2n) is 13.9. The summed E-state index contributed by atoms with van der Waals surface area (Å²) in [6, 6.07) is 2.12. The van der Waals surface area contributed by atoms with Gasteiger partial charge in [0.15, 0.2) is 0 Å². The minimum absolute atomic E-state index is 0.0501. The van der Waals surface area contributed by atoms with Crippen molar-refractivity contribution < 1.29 is 32.3 Å². The fraction of sp³-hybridized carbons (Fsp3) is 0.667. The van der Waals surface area contributed by atoms with Crippen LogP contribution >= 0.6 is 11.6 Å². The zero-order chi connectivity index (χ0) is 32.4. The van der Waals surface area contributed by atoms with Gasteiger partial charge in [-0.1, -0.05) is 33.8 Å². The molecule has 3 heterocycles. The number of hydrogen-bond donors (Lipinski definition) is 2. The topological polar surface area (TPSA) is 136 Å². The largest absolute Gasteiger partial charge is 0.399 e. The molecule has 238 valence electrons. The molecule has 44 heavy (non-hydrogen) atoms. The van der Waals surface area contributed by atoms with E-state index in [1.807, 2.05) is 6.92 Å². The number of pyridine rings is 1. The summed E-state index contributed by atoms with van der Waals surface area (Å²) >= 11 is 4.96. The molecule has 9 unspecified atom stereocenters. The number of nitrogens with zero attached hydrogens (tertiary/aromatic N) is 4. The van der Waals surface area contributed by atoms with Crippen molar-refractivity contribution in [2.75, 3.05) is 18.4 Å². The quantitative estimate of drug-likeness (QED) is 0.349. The lowest BCUT2D eigenvalue weighted by Crippen LogP contribution is -2.60. The van der Waals surface area contributed by atoms with Gasteiger partial charge in [-0.15, -0.1) is 0 Å². The molecule has 2 aliphatic heterocycles. The monoisotopic (exact) mass is 636 g/mol. The Bertz CT molecular complexity index is 1400. The predicted molar refractivity (Wildman–Crippen MR) is 153 cm³/mol. The third-order valence-corrected chi connectivity index (χ3v) is 10.2. The lowest BCUT2D eigenvalue weighted by atomic mass is 9.77. The number of anilines is 1. The van der Waals surface area contributed by atoms with E-state index in [0.717, 1.165) is 0 Å². The standard InChI is InChI=1S/C30H36ClF3N6O4/c1-28(2,3)23(38-27(44)30(31,33)34)26(43)39-12-18-15-8-17(20(32)9-15)21(18)22(39)25(42)40-13-29(4,10-16(40)11-35)19-6-5-7-36-24(19)37-14-41/h5-7,14-18,20-23H,8-10,12-13H2,1-4H3,(H,38,44)(H,36,37,41). The van der Waals surface area contributed by atoms with Crippen LogP contribution in [0.1, 0.15) is 52.5 Å². The third-order valence-electron chi connectivity index (χ3n) is 10.1. The Morgan fingerprint density at radius 2 is 1.93 bits per heavy atom. The van der Waals surface area contributed by atoms with Crippen LogP contribution in [-0.4, -0.2) is 81.7 Å². The summed E-state index contributed by atoms with van der Waals surface area (Å²) in [4.78, 5) is 59.2. The van der Waals surface area contributed by atoms with Gasteiger partial charge in [0.05, 0.1) is 6.07 Å². The van der Waals surface area contributed by atoms with Crippen molar-refractivity contribution in [3.05, 3.63) is 23.9 Å². The number of aromatic nitrogens is 1. The van der Waals surface area contributed by atoms with E-state index in [2.05, 4.69) is 21.7 Å². The zero-order valence-electron chi connectivity index (χ0n) is 24.9. The molecule has 2 aliphatic carbocycles. The molecule has 0 radical (unpaired) electrons. The summed E-state index contributed by atoms with van der Waals surface area (Å²) in [6.45, 7) is 6.79. The molecule has 1 aromatic rings. The van der Waals surface area contributed by atoms with Gasteiger partial charge in [0.25, 0.3) is 0 Å². The first kappa shape index (κ1) is 32.0. The molecule has 1 aromatic heterocycles. The molecule has 0 spiro atoms. The van der Waals surface area contributed by atoms with Crippen molar-refractivity contribution in [2.24, 2.45) is 29.1 Å². The number of nitrogens with one attached hydrogen (secondary N) is 2. The molecule has 4 amide bonds. The average Bonchev–Trinajstić information content (AvgIpc) is 3.69. The molecule has 14 heteroatoms. The molecule has 5 rings (SSSR count). The Morgan fingerprint density at radius 1 is 1.23 bits per heavy atom. The van der Waals surface area contributed by atoms with E-state index in [-0.39, 0.29) is 31.3 Å². The molecule has 2 saturated carbocycles. The van der Waals surface area contributed by atoms with Crippen LogP contribution in [0.25, 0.3) is 0 Å². The number of likely N-dealkylation sites (tertiary alicyclic amines) is 2. The summed E-state index contributed by atoms with van der Waals surface area (Å²) in [6.07, 6.45) is 1.96. The molecule has 2 saturated heterocycles. The van der Waals surface area contributed by atoms with Crippen LogP contribution in [0.15, 0.2) is 18.3 Å². The van der Waals surface area contributed by atoms with Gasteiger partial charge in [-0.2, -0.15) is 14.0 Å². The molecular weight excluding hydrogens is 601 g/mol. The van der Waals surface area contributed by atoms with Crippen LogP contribution in [0.2, 0.25) is 0 Å². The van der Waals surface area contributed by atoms with Crippen LogP contribution in [0.5, 0.6) is 0 Å². The van der Waals surface area contributed by atoms with Crippen molar-refractivity contribution in [1.29, 1.82) is 5.26 Å². The number of carbonyl (C=O) groups excluding carboxylic acids is 4. The van der Waals surface area contributed by atoms with Crippen LogP contribution < -0.4 is 10.6 Å². The van der Waals surface area contributed by atoms with Gasteiger partial charge in [-0.25, -0.2) is 9.37 Å². The number of amides is 4. The van der Waals surface area contributed by atoms with Crippen LogP contribution in [0.3, 0.4) is 0 Å². The van der Waals surface area contributed by atoms with E-state index >= 15 is 4.39 Å². The highest BCUT2D eigenvalue weighted by Gasteiger charge is 2.64. The average molecular weight is 637 g/mol. The molecule has 4 aliphatic rings. The predicted octanol–water partition coefficient (Wildman–Crippen LogP) is 3.22. The van der Waals surface area contributed by atoms with E-state index in [9.17, 15) is 33.2 Å². The molecule has 2 bridgehead atoms. The van der Waals surface area contributed by atoms with Gasteiger partial charge in [-0.05, 0) is 66.0 Å². The van der Waals surface area contributed by atoms with Gasteiger partial charge < -0.3 is 20.4 Å². The summed E-state index contributed by atoms with van der Waals surface area (Å²) in [5, 5.41) is 10.5. The summed E-state index contributed by atoms with van der Waals surface area (Å²) in [7, 11) is 0. The van der Waals surface area contributed by atoms with E-state index in [0.29, 0.717) is 30.6 Å². The van der Waals surface area contributed by atoms with E-state index < -0.39 is 70.1 Å². The second kappa shape index (κ2) is 11.2. The van der Waals surface area contributed by atoms with Crippen LogP contribution in [0.4, 0.5) is 19.0 Å². The van der Waals surface area contributed by atoms with Gasteiger partial charge >= 0.3 is 11.3 Å². The number of fused-ring (bicyclic) bond motifs is 5. The minimum Gasteiger partial charge on any atom is -0.337 e. The molecule has 0 aromatic carbocycles. The van der Waals surface area contributed by atoms with Crippen molar-refractivity contribution in [2.45, 2.75) is 82.1 Å². The molecule has 4 fully saturated rings. The van der Waals surface area contributed by atoms with Crippen LogP contribution in [-0.2, 0) is 24.6 Å². The highest BCUT2D eigenvalue weighted by atomic mass is 35.5. The van der Waals surface area contributed by atoms with Crippen LogP contribution in [0, 0.1) is 40.4 Å². The van der Waals surface area contributed by atoms with E-state index in [4.69, 9.17) is 11.6 Å². The minimum atomic E-state index is -4.26. The lowest BCUT2D eigenvalue weighted by Gasteiger charge is -2.39. The summed E-state index contributed by atoms with van der Waals surface area (Å²) < 4.78 is 42.6. The second-order valence-corrected chi connectivity index (χ2v) is 14.4. The number of halogens is 4. The Balaban J connectivity index is 1.51. The van der Waals surface area contributed by atoms with Crippen molar-refractivity contribution in [3.63, 3.8) is 0 Å². The number of alkyl halides is 4. The van der Waals surface area contributed by atoms with Gasteiger partial charge in [0, 0.05) is 30.3 Å². The lowest BCUT2D eigenvalue weighted by molar-refractivity contribution is -0.150. The smallest absolute Gasteiger partial charge is 0.337 e. The maximum Gasteiger partial charge on any atom is 0.399 e. The van der Waals surface area contributed by atoms with Gasteiger partial charge in [-0.3, -0.25) is 19.2 Å². The van der Waals surface area contributed by atoms with E-state index in [1.54, 1.807) is 32.9 Å². The highest BCUT2D eigenvalue weighted by molar-refractivity contribution is 6.32. The zero-order valence-corrected chi connectivity index (χ0v) is 25.7. The summed E-state index contributed by atoms with van der Waals surface area (Å²) in [5.74, 6) is -4.05. The fourth-order valence-corrected chi connectivity index (χ4v) is 8.19. The van der Waals surface area contributed by atoms with Gasteiger partial charge in [0.1, 0.15) is 30.1 Å². The number of rotatable bonds is 7. The maximum atomic E-state index is 15.2. The fourth-order valence-electron chi connectivity index (χ4n) is 8.14. The van der Waals surface area contributed by atoms with Crippen molar-refractivity contribution >= 4 is 41.6 Å². The third kappa shape index (κ3) is 5.39. The van der Waals surface area contributed by atoms with Crippen molar-refractivity contribution in [1.82, 2.24) is 20.1 Å². The molecule has 9 atom stereocenters. The molecule has 2 N–H and O–H groups in total. The van der Waals surface area contributed by atoms with Gasteiger partial charge in [0.2, 0.25) is 18.2 Å². The SMILES string of the molecule is CC1(c2cccnc2NC=O)CC(C#N)N(C(=O)C2C3C4CC(CC4F)C3CN2C(=O)C(NC(=O)C(F)(F)Cl)C(C)(C)C)C1. The van der Waals surface area contributed by atoms with E-state index in [1.165, 1.54) is 16.0 Å². The first-order valence-corrected chi connectivity index (χ1v) is 15.1. The summed E-state index contributed by atoms with van der Waals surface area (Å²) in [5.41, 5.74) is -1.22. The highest BCUT2D eigenvalue weighted by Crippen LogP contribution is 2.59. The number of carbonyl (C=O) groups is 4. The Labute approximate surface area is 258 Å². The Morgan fingerprint density at radius 3 is 2.55 bits per heavy atom. The Hall–Kier alpha value is -3.40. The number of hydrogen-bond acceptors (Lipinski definition) is 6. The Kier molecular flexibility index (Phi) is 8.14. The molecule has 10 nitrogen and oxygen atoms in total.